The fourth-order valence-corrected chi connectivity index (χ4v) is 10.9. The predicted molar refractivity (Wildman–Crippen MR) is 91.8 cm³/mol. The van der Waals surface area contributed by atoms with Crippen LogP contribution in [0.5, 0.6) is 0 Å². The first-order valence-corrected chi connectivity index (χ1v) is 13.1. The summed E-state index contributed by atoms with van der Waals surface area (Å²) in [4.78, 5) is 10.4. The fourth-order valence-electron chi connectivity index (χ4n) is 2.71. The van der Waals surface area contributed by atoms with Gasteiger partial charge in [0.1, 0.15) is 0 Å². The Morgan fingerprint density at radius 3 is 1.38 bits per heavy atom. The van der Waals surface area contributed by atoms with Gasteiger partial charge in [-0.1, -0.05) is 25.7 Å². The van der Waals surface area contributed by atoms with E-state index in [1.54, 1.807) is 0 Å². The Balaban J connectivity index is 4.89. The quantitative estimate of drug-likeness (QED) is 0.473. The molecule has 0 unspecified atom stereocenters. The van der Waals surface area contributed by atoms with Crippen molar-refractivity contribution in [2.45, 2.75) is 54.8 Å². The lowest BCUT2D eigenvalue weighted by molar-refractivity contribution is -0.137. The number of rotatable bonds is 12. The lowest BCUT2D eigenvalue weighted by Gasteiger charge is -2.28. The largest absolute Gasteiger partial charge is 0.481 e. The highest BCUT2D eigenvalue weighted by Crippen LogP contribution is 2.35. The van der Waals surface area contributed by atoms with Crippen LogP contribution in [0.25, 0.3) is 0 Å². The number of carbonyl (C=O) groups is 1. The van der Waals surface area contributed by atoms with Gasteiger partial charge >= 0.3 is 5.97 Å². The molecule has 0 atom stereocenters. The summed E-state index contributed by atoms with van der Waals surface area (Å²) in [6, 6.07) is 0. The second-order valence-electron chi connectivity index (χ2n) is 6.01. The molecule has 0 aromatic heterocycles. The third-order valence-corrected chi connectivity index (χ3v) is 13.3. The standard InChI is InChI=1S/C13H26O8S3/c1-22(16,17)13(23(2,18)19,24(3,20)21)11-9-7-5-4-6-8-10-12(14)15/h4-11H2,1-3H3,(H,14,15). The SMILES string of the molecule is CS(=O)(=O)C(CCCCCCCCC(=O)O)(S(C)(=O)=O)S(C)(=O)=O. The summed E-state index contributed by atoms with van der Waals surface area (Å²) in [6.45, 7) is 0. The zero-order valence-electron chi connectivity index (χ0n) is 14.2. The van der Waals surface area contributed by atoms with Gasteiger partial charge < -0.3 is 5.11 Å². The molecule has 1 N–H and O–H groups in total. The Hall–Kier alpha value is -0.680. The van der Waals surface area contributed by atoms with Gasteiger partial charge in [-0.3, -0.25) is 4.79 Å². The first kappa shape index (κ1) is 23.3. The van der Waals surface area contributed by atoms with Crippen molar-refractivity contribution in [2.75, 3.05) is 18.8 Å². The second-order valence-corrected chi connectivity index (χ2v) is 13.5. The van der Waals surface area contributed by atoms with E-state index < -0.39 is 45.3 Å². The minimum Gasteiger partial charge on any atom is -0.481 e. The molecule has 0 fully saturated rings. The zero-order chi connectivity index (χ0) is 19.2. The maximum absolute atomic E-state index is 12.0. The number of hydrogen-bond donors (Lipinski definition) is 1. The first-order chi connectivity index (χ1) is 10.7. The Bertz CT molecular complexity index is 653. The van der Waals surface area contributed by atoms with E-state index in [0.717, 1.165) is 6.42 Å². The number of unbranched alkanes of at least 4 members (excludes halogenated alkanes) is 5. The molecule has 8 nitrogen and oxygen atoms in total. The summed E-state index contributed by atoms with van der Waals surface area (Å²) < 4.78 is 69.2. The lowest BCUT2D eigenvalue weighted by Crippen LogP contribution is -2.51. The summed E-state index contributed by atoms with van der Waals surface area (Å²) in [5.74, 6) is -0.866. The highest BCUT2D eigenvalue weighted by atomic mass is 32.3. The highest BCUT2D eigenvalue weighted by molar-refractivity contribution is 8.25. The second kappa shape index (κ2) is 8.61. The summed E-state index contributed by atoms with van der Waals surface area (Å²) in [5, 5.41) is 8.50. The van der Waals surface area contributed by atoms with Gasteiger partial charge in [0.05, 0.1) is 0 Å². The molecule has 0 heterocycles. The van der Waals surface area contributed by atoms with E-state index in [1.807, 2.05) is 0 Å². The molecule has 0 amide bonds. The van der Waals surface area contributed by atoms with E-state index in [9.17, 15) is 30.0 Å². The molecule has 0 aliphatic rings. The maximum atomic E-state index is 12.0. The molecule has 0 saturated heterocycles. The van der Waals surface area contributed by atoms with Crippen molar-refractivity contribution in [3.05, 3.63) is 0 Å². The van der Waals surface area contributed by atoms with Crippen LogP contribution in [0.2, 0.25) is 0 Å². The molecule has 0 aliphatic carbocycles. The summed E-state index contributed by atoms with van der Waals surface area (Å²) >= 11 is 0. The summed E-state index contributed by atoms with van der Waals surface area (Å²) in [5.41, 5.74) is 0. The van der Waals surface area contributed by atoms with Gasteiger partial charge in [-0.2, -0.15) is 0 Å². The van der Waals surface area contributed by atoms with Crippen molar-refractivity contribution in [3.63, 3.8) is 0 Å². The van der Waals surface area contributed by atoms with Crippen LogP contribution < -0.4 is 0 Å². The Labute approximate surface area is 144 Å². The molecule has 0 aromatic carbocycles. The molecular weight excluding hydrogens is 380 g/mol. The highest BCUT2D eigenvalue weighted by Gasteiger charge is 2.58. The summed E-state index contributed by atoms with van der Waals surface area (Å²) in [6.07, 6.45) is 4.66. The van der Waals surface area contributed by atoms with E-state index in [4.69, 9.17) is 5.11 Å². The zero-order valence-corrected chi connectivity index (χ0v) is 16.6. The molecule has 0 aromatic rings. The number of aliphatic carboxylic acids is 1. The van der Waals surface area contributed by atoms with Gasteiger partial charge in [0, 0.05) is 25.2 Å². The fraction of sp³-hybridized carbons (Fsp3) is 0.923. The molecule has 0 saturated carbocycles. The molecule has 24 heavy (non-hydrogen) atoms. The minimum absolute atomic E-state index is 0.0827. The Kier molecular flexibility index (Phi) is 8.37. The average Bonchev–Trinajstić information content (AvgIpc) is 2.31. The van der Waals surface area contributed by atoms with Crippen LogP contribution in [0.15, 0.2) is 0 Å². The minimum atomic E-state index is -4.39. The maximum Gasteiger partial charge on any atom is 0.303 e. The third kappa shape index (κ3) is 5.99. The van der Waals surface area contributed by atoms with Crippen LogP contribution in [0, 0.1) is 0 Å². The summed E-state index contributed by atoms with van der Waals surface area (Å²) in [7, 11) is -13.2. The van der Waals surface area contributed by atoms with Gasteiger partial charge in [0.2, 0.25) is 0 Å². The van der Waals surface area contributed by atoms with Crippen LogP contribution in [0.1, 0.15) is 51.4 Å². The van der Waals surface area contributed by atoms with Crippen molar-refractivity contribution in [1.29, 1.82) is 0 Å². The molecule has 11 heteroatoms. The van der Waals surface area contributed by atoms with Gasteiger partial charge in [-0.05, 0) is 19.3 Å². The van der Waals surface area contributed by atoms with E-state index in [2.05, 4.69) is 0 Å². The van der Waals surface area contributed by atoms with Crippen molar-refractivity contribution in [1.82, 2.24) is 0 Å². The number of sulfone groups is 3. The van der Waals surface area contributed by atoms with Crippen molar-refractivity contribution in [2.24, 2.45) is 0 Å². The van der Waals surface area contributed by atoms with Crippen molar-refractivity contribution in [3.8, 4) is 0 Å². The third-order valence-electron chi connectivity index (χ3n) is 3.82. The van der Waals surface area contributed by atoms with Crippen LogP contribution in [0.3, 0.4) is 0 Å². The van der Waals surface area contributed by atoms with Crippen LogP contribution >= 0.6 is 0 Å². The topological polar surface area (TPSA) is 140 Å². The number of hydrogen-bond acceptors (Lipinski definition) is 7. The van der Waals surface area contributed by atoms with E-state index in [-0.39, 0.29) is 12.8 Å². The Morgan fingerprint density at radius 2 is 1.04 bits per heavy atom. The molecular formula is C13H26O8S3. The van der Waals surface area contributed by atoms with Crippen LogP contribution in [-0.2, 0) is 34.3 Å². The van der Waals surface area contributed by atoms with Gasteiger partial charge in [0.25, 0.3) is 3.41 Å². The molecule has 144 valence electrons. The van der Waals surface area contributed by atoms with Gasteiger partial charge in [-0.25, -0.2) is 25.3 Å². The van der Waals surface area contributed by atoms with Crippen molar-refractivity contribution >= 4 is 35.5 Å². The first-order valence-electron chi connectivity index (χ1n) is 7.47. The number of carboxylic acids is 1. The normalized spacial score (nSPS) is 13.8. The Morgan fingerprint density at radius 1 is 0.708 bits per heavy atom. The predicted octanol–water partition coefficient (Wildman–Crippen LogP) is 0.979. The monoisotopic (exact) mass is 406 g/mol. The van der Waals surface area contributed by atoms with E-state index in [1.165, 1.54) is 0 Å². The smallest absolute Gasteiger partial charge is 0.303 e. The van der Waals surface area contributed by atoms with E-state index >= 15 is 0 Å². The van der Waals surface area contributed by atoms with Crippen LogP contribution in [-0.4, -0.2) is 58.5 Å². The van der Waals surface area contributed by atoms with Crippen molar-refractivity contribution < 1.29 is 35.2 Å². The molecule has 0 bridgehead atoms. The lowest BCUT2D eigenvalue weighted by atomic mass is 10.1. The molecule has 0 spiro atoms. The average molecular weight is 407 g/mol. The number of carboxylic acid groups (broad SMARTS) is 1. The van der Waals surface area contributed by atoms with Gasteiger partial charge in [-0.15, -0.1) is 0 Å². The molecule has 0 aliphatic heterocycles. The van der Waals surface area contributed by atoms with E-state index in [0.29, 0.717) is 44.5 Å². The van der Waals surface area contributed by atoms with Gasteiger partial charge in [0.15, 0.2) is 29.5 Å². The molecule has 0 radical (unpaired) electrons. The van der Waals surface area contributed by atoms with Crippen LogP contribution in [0.4, 0.5) is 0 Å². The molecule has 0 rings (SSSR count).